The number of nitrogens with zero attached hydrogens (tertiary/aromatic N) is 1. The molecule has 6 heteroatoms. The highest BCUT2D eigenvalue weighted by Gasteiger charge is 2.02. The number of rotatable bonds is 8. The van der Waals surface area contributed by atoms with E-state index in [1.807, 2.05) is 24.3 Å². The van der Waals surface area contributed by atoms with Crippen LogP contribution in [0.1, 0.15) is 18.1 Å². The molecule has 0 spiro atoms. The largest absolute Gasteiger partial charge is 0.492 e. The second kappa shape index (κ2) is 9.22. The van der Waals surface area contributed by atoms with Crippen molar-refractivity contribution < 1.29 is 14.5 Å². The fourth-order valence-corrected chi connectivity index (χ4v) is 2.10. The molecule has 0 unspecified atom stereocenters. The second-order valence-electron chi connectivity index (χ2n) is 5.32. The van der Waals surface area contributed by atoms with E-state index in [1.54, 1.807) is 18.2 Å². The fraction of sp³-hybridized carbons (Fsp3) is 0.211. The highest BCUT2D eigenvalue weighted by molar-refractivity contribution is 5.91. The Morgan fingerprint density at radius 2 is 1.84 bits per heavy atom. The average molecular weight is 340 g/mol. The van der Waals surface area contributed by atoms with Gasteiger partial charge in [-0.3, -0.25) is 14.9 Å². The molecule has 0 heterocycles. The van der Waals surface area contributed by atoms with Crippen LogP contribution in [0.2, 0.25) is 0 Å². The van der Waals surface area contributed by atoms with E-state index in [2.05, 4.69) is 12.2 Å². The van der Waals surface area contributed by atoms with Gasteiger partial charge in [-0.15, -0.1) is 0 Å². The van der Waals surface area contributed by atoms with Crippen molar-refractivity contribution in [2.45, 2.75) is 13.3 Å². The standard InChI is InChI=1S/C19H20N2O4/c1-2-15-5-10-18(11-6-15)25-14-13-20-19(22)12-7-16-3-8-17(9-4-16)21(23)24/h3-12H,2,13-14H2,1H3,(H,20,22)/b12-7+. The van der Waals surface area contributed by atoms with Crippen molar-refractivity contribution in [1.82, 2.24) is 5.32 Å². The molecule has 2 aromatic carbocycles. The first-order chi connectivity index (χ1) is 12.1. The third-order valence-electron chi connectivity index (χ3n) is 3.53. The molecule has 0 atom stereocenters. The highest BCUT2D eigenvalue weighted by atomic mass is 16.6. The molecule has 0 aromatic heterocycles. The number of aryl methyl sites for hydroxylation is 1. The van der Waals surface area contributed by atoms with Gasteiger partial charge >= 0.3 is 0 Å². The summed E-state index contributed by atoms with van der Waals surface area (Å²) in [6, 6.07) is 13.8. The summed E-state index contributed by atoms with van der Waals surface area (Å²) in [7, 11) is 0. The lowest BCUT2D eigenvalue weighted by atomic mass is 10.2. The van der Waals surface area contributed by atoms with E-state index >= 15 is 0 Å². The summed E-state index contributed by atoms with van der Waals surface area (Å²) >= 11 is 0. The number of nitrogens with one attached hydrogen (secondary N) is 1. The minimum atomic E-state index is -0.462. The Morgan fingerprint density at radius 1 is 1.16 bits per heavy atom. The van der Waals surface area contributed by atoms with E-state index in [0.29, 0.717) is 18.7 Å². The van der Waals surface area contributed by atoms with Gasteiger partial charge in [-0.2, -0.15) is 0 Å². The van der Waals surface area contributed by atoms with Gasteiger partial charge in [-0.05, 0) is 47.9 Å². The van der Waals surface area contributed by atoms with Crippen LogP contribution in [-0.2, 0) is 11.2 Å². The first-order valence-corrected chi connectivity index (χ1v) is 8.00. The lowest BCUT2D eigenvalue weighted by Gasteiger charge is -2.07. The Balaban J connectivity index is 1.71. The summed E-state index contributed by atoms with van der Waals surface area (Å²) < 4.78 is 5.55. The molecular weight excluding hydrogens is 320 g/mol. The van der Waals surface area contributed by atoms with Crippen LogP contribution in [0.4, 0.5) is 5.69 Å². The highest BCUT2D eigenvalue weighted by Crippen LogP contribution is 2.13. The molecule has 0 aliphatic heterocycles. The minimum Gasteiger partial charge on any atom is -0.492 e. The molecule has 2 aromatic rings. The van der Waals surface area contributed by atoms with Crippen LogP contribution >= 0.6 is 0 Å². The molecule has 1 N–H and O–H groups in total. The number of carbonyl (C=O) groups is 1. The Kier molecular flexibility index (Phi) is 6.71. The summed E-state index contributed by atoms with van der Waals surface area (Å²) in [5, 5.41) is 13.3. The van der Waals surface area contributed by atoms with Gasteiger partial charge in [0.25, 0.3) is 5.69 Å². The lowest BCUT2D eigenvalue weighted by molar-refractivity contribution is -0.384. The van der Waals surface area contributed by atoms with Crippen molar-refractivity contribution in [3.63, 3.8) is 0 Å². The molecule has 25 heavy (non-hydrogen) atoms. The van der Waals surface area contributed by atoms with Crippen LogP contribution in [0.15, 0.2) is 54.6 Å². The number of carbonyl (C=O) groups excluding carboxylic acids is 1. The van der Waals surface area contributed by atoms with E-state index < -0.39 is 4.92 Å². The van der Waals surface area contributed by atoms with Crippen LogP contribution in [0, 0.1) is 10.1 Å². The Labute approximate surface area is 146 Å². The van der Waals surface area contributed by atoms with Crippen molar-refractivity contribution in [1.29, 1.82) is 0 Å². The number of nitro benzene ring substituents is 1. The van der Waals surface area contributed by atoms with Crippen molar-refractivity contribution >= 4 is 17.7 Å². The van der Waals surface area contributed by atoms with E-state index in [9.17, 15) is 14.9 Å². The van der Waals surface area contributed by atoms with Gasteiger partial charge in [-0.25, -0.2) is 0 Å². The molecule has 0 saturated carbocycles. The molecule has 0 bridgehead atoms. The number of hydrogen-bond acceptors (Lipinski definition) is 4. The smallest absolute Gasteiger partial charge is 0.269 e. The Morgan fingerprint density at radius 3 is 2.44 bits per heavy atom. The van der Waals surface area contributed by atoms with E-state index in [4.69, 9.17) is 4.74 Å². The van der Waals surface area contributed by atoms with E-state index in [-0.39, 0.29) is 11.6 Å². The zero-order valence-corrected chi connectivity index (χ0v) is 14.0. The lowest BCUT2D eigenvalue weighted by Crippen LogP contribution is -2.26. The third-order valence-corrected chi connectivity index (χ3v) is 3.53. The zero-order valence-electron chi connectivity index (χ0n) is 14.0. The van der Waals surface area contributed by atoms with Crippen molar-refractivity contribution in [3.05, 3.63) is 75.8 Å². The SMILES string of the molecule is CCc1ccc(OCCNC(=O)/C=C/c2ccc([N+](=O)[O-])cc2)cc1. The first kappa shape index (κ1) is 18.2. The Hall–Kier alpha value is -3.15. The molecule has 0 radical (unpaired) electrons. The number of ether oxygens (including phenoxy) is 1. The number of hydrogen-bond donors (Lipinski definition) is 1. The zero-order chi connectivity index (χ0) is 18.1. The maximum Gasteiger partial charge on any atom is 0.269 e. The van der Waals surface area contributed by atoms with E-state index in [0.717, 1.165) is 12.2 Å². The fourth-order valence-electron chi connectivity index (χ4n) is 2.10. The summed E-state index contributed by atoms with van der Waals surface area (Å²) in [5.41, 5.74) is 1.98. The summed E-state index contributed by atoms with van der Waals surface area (Å²) in [6.07, 6.45) is 3.97. The van der Waals surface area contributed by atoms with Crippen LogP contribution < -0.4 is 10.1 Å². The summed E-state index contributed by atoms with van der Waals surface area (Å²) in [4.78, 5) is 21.8. The predicted octanol–water partition coefficient (Wildman–Crippen LogP) is 3.37. The minimum absolute atomic E-state index is 0.0192. The van der Waals surface area contributed by atoms with Crippen molar-refractivity contribution in [3.8, 4) is 5.75 Å². The average Bonchev–Trinajstić information content (AvgIpc) is 2.64. The second-order valence-corrected chi connectivity index (χ2v) is 5.32. The summed E-state index contributed by atoms with van der Waals surface area (Å²) in [6.45, 7) is 2.86. The number of non-ortho nitro benzene ring substituents is 1. The number of benzene rings is 2. The number of nitro groups is 1. The quantitative estimate of drug-likeness (QED) is 0.346. The predicted molar refractivity (Wildman–Crippen MR) is 96.5 cm³/mol. The molecule has 0 fully saturated rings. The normalized spacial score (nSPS) is 10.6. The molecule has 0 saturated heterocycles. The first-order valence-electron chi connectivity index (χ1n) is 8.00. The topological polar surface area (TPSA) is 81.5 Å². The van der Waals surface area contributed by atoms with Crippen molar-refractivity contribution in [2.75, 3.05) is 13.2 Å². The molecule has 1 amide bonds. The van der Waals surface area contributed by atoms with Crippen LogP contribution in [0.3, 0.4) is 0 Å². The van der Waals surface area contributed by atoms with E-state index in [1.165, 1.54) is 23.8 Å². The third kappa shape index (κ3) is 6.10. The molecule has 0 aliphatic carbocycles. The van der Waals surface area contributed by atoms with Gasteiger partial charge in [0.2, 0.25) is 5.91 Å². The Bertz CT molecular complexity index is 737. The maximum absolute atomic E-state index is 11.7. The monoisotopic (exact) mass is 340 g/mol. The maximum atomic E-state index is 11.7. The van der Waals surface area contributed by atoms with Gasteiger partial charge in [-0.1, -0.05) is 19.1 Å². The van der Waals surface area contributed by atoms with Gasteiger partial charge in [0.15, 0.2) is 0 Å². The molecule has 130 valence electrons. The summed E-state index contributed by atoms with van der Waals surface area (Å²) in [5.74, 6) is 0.524. The van der Waals surface area contributed by atoms with Gasteiger partial charge in [0.05, 0.1) is 11.5 Å². The van der Waals surface area contributed by atoms with Crippen molar-refractivity contribution in [2.24, 2.45) is 0 Å². The molecule has 0 aliphatic rings. The van der Waals surface area contributed by atoms with Crippen LogP contribution in [-0.4, -0.2) is 24.0 Å². The number of amides is 1. The molecular formula is C19H20N2O4. The van der Waals surface area contributed by atoms with Gasteiger partial charge < -0.3 is 10.1 Å². The van der Waals surface area contributed by atoms with Crippen LogP contribution in [0.25, 0.3) is 6.08 Å². The molecule has 2 rings (SSSR count). The molecule has 6 nitrogen and oxygen atoms in total. The van der Waals surface area contributed by atoms with Crippen LogP contribution in [0.5, 0.6) is 5.75 Å². The van der Waals surface area contributed by atoms with Gasteiger partial charge in [0.1, 0.15) is 12.4 Å². The van der Waals surface area contributed by atoms with Gasteiger partial charge in [0, 0.05) is 18.2 Å².